The zero-order chi connectivity index (χ0) is 13.0. The zero-order valence-electron chi connectivity index (χ0n) is 10.6. The van der Waals surface area contributed by atoms with Crippen LogP contribution in [0.15, 0.2) is 22.7 Å². The maximum Gasteiger partial charge on any atom is 0.128 e. The van der Waals surface area contributed by atoms with Gasteiger partial charge >= 0.3 is 0 Å². The van der Waals surface area contributed by atoms with E-state index in [0.29, 0.717) is 17.9 Å². The number of hydrogen-bond acceptors (Lipinski definition) is 2. The van der Waals surface area contributed by atoms with Gasteiger partial charge in [0.2, 0.25) is 0 Å². The molecule has 0 saturated carbocycles. The van der Waals surface area contributed by atoms with Crippen molar-refractivity contribution in [1.29, 1.82) is 0 Å². The van der Waals surface area contributed by atoms with E-state index in [4.69, 9.17) is 5.73 Å². The number of halogens is 3. The van der Waals surface area contributed by atoms with Gasteiger partial charge in [0.25, 0.3) is 0 Å². The van der Waals surface area contributed by atoms with E-state index < -0.39 is 12.1 Å². The molecule has 0 unspecified atom stereocenters. The summed E-state index contributed by atoms with van der Waals surface area (Å²) in [5, 5.41) is 9.93. The Kier molecular flexibility index (Phi) is 8.03. The molecule has 0 heterocycles. The van der Waals surface area contributed by atoms with Gasteiger partial charge in [0.15, 0.2) is 0 Å². The minimum atomic E-state index is -0.707. The van der Waals surface area contributed by atoms with Gasteiger partial charge in [-0.3, -0.25) is 0 Å². The maximum atomic E-state index is 13.6. The highest BCUT2D eigenvalue weighted by Crippen LogP contribution is 2.24. The van der Waals surface area contributed by atoms with Crippen molar-refractivity contribution >= 4 is 28.3 Å². The van der Waals surface area contributed by atoms with Gasteiger partial charge in [0.05, 0.1) is 12.1 Å². The molecule has 0 saturated heterocycles. The summed E-state index contributed by atoms with van der Waals surface area (Å²) in [6.07, 6.45) is 0.760. The molecule has 0 amide bonds. The summed E-state index contributed by atoms with van der Waals surface area (Å²) < 4.78 is 14.3. The second-order valence-electron chi connectivity index (χ2n) is 4.73. The van der Waals surface area contributed by atoms with Crippen molar-refractivity contribution in [3.8, 4) is 0 Å². The molecule has 2 atom stereocenters. The minimum Gasteiger partial charge on any atom is -0.391 e. The third kappa shape index (κ3) is 5.22. The third-order valence-electron chi connectivity index (χ3n) is 2.77. The Balaban J connectivity index is 0.00000289. The molecule has 1 rings (SSSR count). The molecule has 3 N–H and O–H groups in total. The highest BCUT2D eigenvalue weighted by atomic mass is 79.9. The van der Waals surface area contributed by atoms with Gasteiger partial charge < -0.3 is 10.8 Å². The number of aliphatic hydroxyl groups excluding tert-OH is 1. The first-order valence-electron chi connectivity index (χ1n) is 5.80. The summed E-state index contributed by atoms with van der Waals surface area (Å²) in [4.78, 5) is 0. The van der Waals surface area contributed by atoms with Crippen molar-refractivity contribution in [3.63, 3.8) is 0 Å². The van der Waals surface area contributed by atoms with Gasteiger partial charge in [-0.05, 0) is 37.0 Å². The molecular weight excluding hydrogens is 321 g/mol. The van der Waals surface area contributed by atoms with Crippen molar-refractivity contribution in [1.82, 2.24) is 0 Å². The molecule has 1 aromatic carbocycles. The summed E-state index contributed by atoms with van der Waals surface area (Å²) in [7, 11) is 0. The van der Waals surface area contributed by atoms with Gasteiger partial charge in [-0.15, -0.1) is 12.4 Å². The second-order valence-corrected chi connectivity index (χ2v) is 5.65. The molecule has 0 spiro atoms. The Morgan fingerprint density at radius 2 is 1.94 bits per heavy atom. The van der Waals surface area contributed by atoms with Crippen LogP contribution in [0.3, 0.4) is 0 Å². The Bertz CT molecular complexity index is 376. The normalized spacial score (nSPS) is 14.2. The topological polar surface area (TPSA) is 46.2 Å². The molecule has 5 heteroatoms. The molecule has 18 heavy (non-hydrogen) atoms. The first-order chi connectivity index (χ1) is 7.91. The Morgan fingerprint density at radius 3 is 2.50 bits per heavy atom. The lowest BCUT2D eigenvalue weighted by atomic mass is 9.96. The number of benzene rings is 1. The molecule has 0 aromatic heterocycles. The van der Waals surface area contributed by atoms with E-state index in [1.807, 2.05) is 0 Å². The lowest BCUT2D eigenvalue weighted by Crippen LogP contribution is -2.27. The molecule has 0 aliphatic heterocycles. The van der Waals surface area contributed by atoms with E-state index in [9.17, 15) is 9.50 Å². The molecule has 0 bridgehead atoms. The average Bonchev–Trinajstić information content (AvgIpc) is 2.28. The van der Waals surface area contributed by atoms with Gasteiger partial charge in [0, 0.05) is 10.0 Å². The van der Waals surface area contributed by atoms with Gasteiger partial charge in [-0.1, -0.05) is 29.8 Å². The summed E-state index contributed by atoms with van der Waals surface area (Å²) in [5.41, 5.74) is 6.24. The molecule has 0 fully saturated rings. The van der Waals surface area contributed by atoms with Crippen LogP contribution in [-0.4, -0.2) is 11.2 Å². The molecule has 2 nitrogen and oxygen atoms in total. The quantitative estimate of drug-likeness (QED) is 0.856. The molecule has 0 radical (unpaired) electrons. The predicted octanol–water partition coefficient (Wildman–Crippen LogP) is 3.81. The highest BCUT2D eigenvalue weighted by molar-refractivity contribution is 9.10. The summed E-state index contributed by atoms with van der Waals surface area (Å²) in [6.45, 7) is 4.16. The predicted molar refractivity (Wildman–Crippen MR) is 78.4 cm³/mol. The Labute approximate surface area is 122 Å². The number of rotatable bonds is 5. The fourth-order valence-electron chi connectivity index (χ4n) is 1.66. The smallest absolute Gasteiger partial charge is 0.128 e. The van der Waals surface area contributed by atoms with Crippen molar-refractivity contribution in [2.75, 3.05) is 0 Å². The van der Waals surface area contributed by atoms with Crippen LogP contribution >= 0.6 is 28.3 Å². The van der Waals surface area contributed by atoms with E-state index in [1.165, 1.54) is 6.07 Å². The Hall–Kier alpha value is -0.160. The van der Waals surface area contributed by atoms with E-state index in [0.717, 1.165) is 10.9 Å². The second kappa shape index (κ2) is 8.10. The lowest BCUT2D eigenvalue weighted by molar-refractivity contribution is 0.127. The van der Waals surface area contributed by atoms with Gasteiger partial charge in [-0.2, -0.15) is 0 Å². The fraction of sp³-hybridized carbons (Fsp3) is 0.538. The third-order valence-corrected chi connectivity index (χ3v) is 3.26. The van der Waals surface area contributed by atoms with Crippen LogP contribution in [0.5, 0.6) is 0 Å². The monoisotopic (exact) mass is 339 g/mol. The first-order valence-corrected chi connectivity index (χ1v) is 6.59. The maximum absolute atomic E-state index is 13.6. The number of aliphatic hydroxyl groups is 1. The van der Waals surface area contributed by atoms with Crippen molar-refractivity contribution in [3.05, 3.63) is 34.1 Å². The van der Waals surface area contributed by atoms with Crippen LogP contribution in [-0.2, 0) is 0 Å². The highest BCUT2D eigenvalue weighted by Gasteiger charge is 2.20. The van der Waals surface area contributed by atoms with E-state index in [2.05, 4.69) is 29.8 Å². The van der Waals surface area contributed by atoms with Crippen LogP contribution in [0.1, 0.15) is 38.3 Å². The Morgan fingerprint density at radius 1 is 1.33 bits per heavy atom. The SMILES string of the molecule is CC(C)CC[C@H](O)[C@H](N)c1cc(Br)ccc1F.Cl. The average molecular weight is 341 g/mol. The van der Waals surface area contributed by atoms with Gasteiger partial charge in [-0.25, -0.2) is 4.39 Å². The first kappa shape index (κ1) is 17.8. The zero-order valence-corrected chi connectivity index (χ0v) is 13.0. The lowest BCUT2D eigenvalue weighted by Gasteiger charge is -2.20. The van der Waals surface area contributed by atoms with Crippen molar-refractivity contribution in [2.45, 2.75) is 38.8 Å². The molecular formula is C13H20BrClFNO. The fourth-order valence-corrected chi connectivity index (χ4v) is 2.04. The summed E-state index contributed by atoms with van der Waals surface area (Å²) in [5.74, 6) is 0.133. The standard InChI is InChI=1S/C13H19BrFNO.ClH/c1-8(2)3-6-12(17)13(16)10-7-9(14)4-5-11(10)15;/h4-5,7-8,12-13,17H,3,6,16H2,1-2H3;1H/t12-,13+;/m0./s1. The molecule has 0 aliphatic carbocycles. The number of hydrogen-bond donors (Lipinski definition) is 2. The minimum absolute atomic E-state index is 0. The molecule has 104 valence electrons. The summed E-state index contributed by atoms with van der Waals surface area (Å²) in [6, 6.07) is 3.92. The summed E-state index contributed by atoms with van der Waals surface area (Å²) >= 11 is 3.27. The van der Waals surface area contributed by atoms with Crippen molar-refractivity contribution in [2.24, 2.45) is 11.7 Å². The molecule has 0 aliphatic rings. The van der Waals surface area contributed by atoms with Crippen LogP contribution in [0, 0.1) is 11.7 Å². The van der Waals surface area contributed by atoms with Crippen LogP contribution in [0.25, 0.3) is 0 Å². The van der Waals surface area contributed by atoms with E-state index in [-0.39, 0.29) is 18.2 Å². The molecule has 1 aromatic rings. The van der Waals surface area contributed by atoms with Crippen molar-refractivity contribution < 1.29 is 9.50 Å². The van der Waals surface area contributed by atoms with Crippen LogP contribution in [0.4, 0.5) is 4.39 Å². The van der Waals surface area contributed by atoms with E-state index in [1.54, 1.807) is 12.1 Å². The van der Waals surface area contributed by atoms with Crippen LogP contribution < -0.4 is 5.73 Å². The number of nitrogens with two attached hydrogens (primary N) is 1. The van der Waals surface area contributed by atoms with Crippen LogP contribution in [0.2, 0.25) is 0 Å². The largest absolute Gasteiger partial charge is 0.391 e. The van der Waals surface area contributed by atoms with E-state index >= 15 is 0 Å². The van der Waals surface area contributed by atoms with Gasteiger partial charge in [0.1, 0.15) is 5.82 Å².